The Labute approximate surface area is 139 Å². The first-order chi connectivity index (χ1) is 11.6. The number of benzene rings is 2. The van der Waals surface area contributed by atoms with Crippen LogP contribution in [-0.2, 0) is 16.1 Å². The third-order valence-electron chi connectivity index (χ3n) is 3.34. The van der Waals surface area contributed by atoms with Gasteiger partial charge in [-0.15, -0.1) is 0 Å². The molecule has 0 bridgehead atoms. The summed E-state index contributed by atoms with van der Waals surface area (Å²) >= 11 is 0. The van der Waals surface area contributed by atoms with Crippen molar-refractivity contribution >= 4 is 5.97 Å². The second kappa shape index (κ2) is 8.31. The number of methoxy groups -OCH3 is 1. The Morgan fingerprint density at radius 2 is 1.83 bits per heavy atom. The normalized spacial score (nSPS) is 11.7. The van der Waals surface area contributed by atoms with Crippen LogP contribution in [0.3, 0.4) is 0 Å². The highest BCUT2D eigenvalue weighted by molar-refractivity contribution is 5.77. The van der Waals surface area contributed by atoms with Gasteiger partial charge in [-0.1, -0.05) is 30.3 Å². The van der Waals surface area contributed by atoms with E-state index in [1.165, 1.54) is 19.2 Å². The van der Waals surface area contributed by atoms with Crippen molar-refractivity contribution in [1.82, 2.24) is 0 Å². The van der Waals surface area contributed by atoms with Crippen LogP contribution >= 0.6 is 0 Å². The molecule has 6 heteroatoms. The third kappa shape index (κ3) is 4.02. The molecule has 128 valence electrons. The summed E-state index contributed by atoms with van der Waals surface area (Å²) in [6.07, 6.45) is -1.79. The minimum Gasteiger partial charge on any atom is -0.496 e. The number of carbonyl (C=O) groups is 1. The second-order valence-corrected chi connectivity index (χ2v) is 4.92. The molecule has 0 spiro atoms. The topological polar surface area (TPSA) is 65.0 Å². The van der Waals surface area contributed by atoms with Gasteiger partial charge in [-0.2, -0.15) is 0 Å². The number of hydrogen-bond acceptors (Lipinski definition) is 5. The van der Waals surface area contributed by atoms with Crippen molar-refractivity contribution in [2.24, 2.45) is 0 Å². The van der Waals surface area contributed by atoms with Crippen LogP contribution in [0.1, 0.15) is 24.2 Å². The fourth-order valence-electron chi connectivity index (χ4n) is 2.17. The lowest BCUT2D eigenvalue weighted by Gasteiger charge is -2.17. The molecule has 2 rings (SSSR count). The van der Waals surface area contributed by atoms with E-state index in [0.717, 1.165) is 5.56 Å². The molecular weight excluding hydrogens is 315 g/mol. The van der Waals surface area contributed by atoms with Crippen LogP contribution in [0.4, 0.5) is 4.39 Å². The second-order valence-electron chi connectivity index (χ2n) is 4.92. The largest absolute Gasteiger partial charge is 0.496 e. The average Bonchev–Trinajstić information content (AvgIpc) is 2.61. The van der Waals surface area contributed by atoms with Crippen molar-refractivity contribution < 1.29 is 28.5 Å². The van der Waals surface area contributed by atoms with E-state index in [1.807, 2.05) is 30.3 Å². The number of hydrogen-bond donors (Lipinski definition) is 1. The van der Waals surface area contributed by atoms with Gasteiger partial charge in [-0.3, -0.25) is 0 Å². The van der Waals surface area contributed by atoms with Gasteiger partial charge < -0.3 is 19.3 Å². The smallest absolute Gasteiger partial charge is 0.339 e. The molecule has 0 heterocycles. The average molecular weight is 334 g/mol. The number of halogens is 1. The van der Waals surface area contributed by atoms with Gasteiger partial charge in [0.25, 0.3) is 0 Å². The van der Waals surface area contributed by atoms with Crippen molar-refractivity contribution in [3.05, 3.63) is 59.4 Å². The van der Waals surface area contributed by atoms with E-state index in [2.05, 4.69) is 0 Å². The number of rotatable bonds is 7. The Balaban J connectivity index is 2.27. The number of esters is 1. The van der Waals surface area contributed by atoms with E-state index in [1.54, 1.807) is 6.92 Å². The first-order valence-corrected chi connectivity index (χ1v) is 7.46. The van der Waals surface area contributed by atoms with Gasteiger partial charge >= 0.3 is 5.97 Å². The number of ether oxygens (including phenoxy) is 3. The highest BCUT2D eigenvalue weighted by Gasteiger charge is 2.28. The van der Waals surface area contributed by atoms with E-state index in [9.17, 15) is 14.3 Å². The van der Waals surface area contributed by atoms with Gasteiger partial charge in [0.05, 0.1) is 19.3 Å². The Morgan fingerprint density at radius 3 is 2.46 bits per heavy atom. The summed E-state index contributed by atoms with van der Waals surface area (Å²) in [6, 6.07) is 12.1. The van der Waals surface area contributed by atoms with E-state index in [4.69, 9.17) is 14.2 Å². The predicted octanol–water partition coefficient (Wildman–Crippen LogP) is 3.01. The molecule has 0 aliphatic carbocycles. The molecule has 0 aliphatic heterocycles. The van der Waals surface area contributed by atoms with Crippen molar-refractivity contribution in [3.8, 4) is 11.5 Å². The maximum Gasteiger partial charge on any atom is 0.339 e. The Hall–Kier alpha value is -2.60. The molecule has 24 heavy (non-hydrogen) atoms. The Bertz CT molecular complexity index is 687. The standard InChI is InChI=1S/C18H19FO5/c1-3-23-18(21)17(20)15-13(22-2)9-10-14(16(15)19)24-11-12-7-5-4-6-8-12/h4-10,17,20H,3,11H2,1-2H3. The summed E-state index contributed by atoms with van der Waals surface area (Å²) in [5.41, 5.74) is 0.557. The molecule has 5 nitrogen and oxygen atoms in total. The lowest BCUT2D eigenvalue weighted by atomic mass is 10.1. The summed E-state index contributed by atoms with van der Waals surface area (Å²) < 4.78 is 29.9. The van der Waals surface area contributed by atoms with Crippen molar-refractivity contribution in [3.63, 3.8) is 0 Å². The zero-order valence-corrected chi connectivity index (χ0v) is 13.5. The van der Waals surface area contributed by atoms with E-state index in [0.29, 0.717) is 0 Å². The minimum absolute atomic E-state index is 0.0418. The molecule has 0 aromatic heterocycles. The molecule has 2 aromatic carbocycles. The summed E-state index contributed by atoms with van der Waals surface area (Å²) in [7, 11) is 1.32. The lowest BCUT2D eigenvalue weighted by Crippen LogP contribution is -2.18. The quantitative estimate of drug-likeness (QED) is 0.789. The maximum absolute atomic E-state index is 14.7. The molecule has 0 fully saturated rings. The van der Waals surface area contributed by atoms with E-state index in [-0.39, 0.29) is 30.3 Å². The Kier molecular flexibility index (Phi) is 6.14. The molecule has 0 aliphatic rings. The number of carbonyl (C=O) groups excluding carboxylic acids is 1. The first-order valence-electron chi connectivity index (χ1n) is 7.46. The highest BCUT2D eigenvalue weighted by Crippen LogP contribution is 2.34. The molecular formula is C18H19FO5. The van der Waals surface area contributed by atoms with Crippen LogP contribution in [0.5, 0.6) is 11.5 Å². The van der Waals surface area contributed by atoms with Crippen LogP contribution in [0.15, 0.2) is 42.5 Å². The monoisotopic (exact) mass is 334 g/mol. The molecule has 2 aromatic rings. The van der Waals surface area contributed by atoms with Gasteiger partial charge in [-0.25, -0.2) is 9.18 Å². The van der Waals surface area contributed by atoms with Crippen LogP contribution in [0.25, 0.3) is 0 Å². The lowest BCUT2D eigenvalue weighted by molar-refractivity contribution is -0.153. The zero-order valence-electron chi connectivity index (χ0n) is 13.5. The minimum atomic E-state index is -1.79. The molecule has 0 radical (unpaired) electrons. The molecule has 1 unspecified atom stereocenters. The van der Waals surface area contributed by atoms with Crippen LogP contribution in [0.2, 0.25) is 0 Å². The fraction of sp³-hybridized carbons (Fsp3) is 0.278. The first kappa shape index (κ1) is 17.7. The highest BCUT2D eigenvalue weighted by atomic mass is 19.1. The summed E-state index contributed by atoms with van der Waals surface area (Å²) in [4.78, 5) is 11.7. The van der Waals surface area contributed by atoms with Gasteiger partial charge in [0, 0.05) is 0 Å². The molecule has 0 amide bonds. The Morgan fingerprint density at radius 1 is 1.17 bits per heavy atom. The molecule has 1 atom stereocenters. The zero-order chi connectivity index (χ0) is 17.5. The predicted molar refractivity (Wildman–Crippen MR) is 85.3 cm³/mol. The van der Waals surface area contributed by atoms with Gasteiger partial charge in [0.15, 0.2) is 17.7 Å². The van der Waals surface area contributed by atoms with Crippen molar-refractivity contribution in [2.75, 3.05) is 13.7 Å². The van der Waals surface area contributed by atoms with Gasteiger partial charge in [0.2, 0.25) is 0 Å². The maximum atomic E-state index is 14.7. The van der Waals surface area contributed by atoms with Crippen LogP contribution < -0.4 is 9.47 Å². The fourth-order valence-corrected chi connectivity index (χ4v) is 2.17. The van der Waals surface area contributed by atoms with Crippen LogP contribution in [0, 0.1) is 5.82 Å². The summed E-state index contributed by atoms with van der Waals surface area (Å²) in [5.74, 6) is -1.85. The van der Waals surface area contributed by atoms with E-state index < -0.39 is 17.9 Å². The summed E-state index contributed by atoms with van der Waals surface area (Å²) in [5, 5.41) is 10.1. The molecule has 0 saturated heterocycles. The molecule has 0 saturated carbocycles. The number of aliphatic hydroxyl groups is 1. The van der Waals surface area contributed by atoms with Crippen molar-refractivity contribution in [2.45, 2.75) is 19.6 Å². The van der Waals surface area contributed by atoms with Gasteiger partial charge in [0.1, 0.15) is 12.4 Å². The van der Waals surface area contributed by atoms with E-state index >= 15 is 0 Å². The van der Waals surface area contributed by atoms with Crippen LogP contribution in [-0.4, -0.2) is 24.8 Å². The third-order valence-corrected chi connectivity index (χ3v) is 3.34. The van der Waals surface area contributed by atoms with Gasteiger partial charge in [-0.05, 0) is 24.6 Å². The molecule has 1 N–H and O–H groups in total. The number of aliphatic hydroxyl groups excluding tert-OH is 1. The van der Waals surface area contributed by atoms with Crippen molar-refractivity contribution in [1.29, 1.82) is 0 Å². The summed E-state index contributed by atoms with van der Waals surface area (Å²) in [6.45, 7) is 1.82. The SMILES string of the molecule is CCOC(=O)C(O)c1c(OC)ccc(OCc2ccccc2)c1F.